The first-order valence-electron chi connectivity index (χ1n) is 10.6. The zero-order valence-electron chi connectivity index (χ0n) is 19.0. The van der Waals surface area contributed by atoms with Crippen molar-refractivity contribution in [3.8, 4) is 23.1 Å². The summed E-state index contributed by atoms with van der Waals surface area (Å²) >= 11 is 0. The second-order valence-corrected chi connectivity index (χ2v) is 7.33. The Kier molecular flexibility index (Phi) is 8.49. The first-order chi connectivity index (χ1) is 16.6. The molecular weight excluding hydrogens is 428 g/mol. The Morgan fingerprint density at radius 1 is 1.21 bits per heavy atom. The Morgan fingerprint density at radius 3 is 2.59 bits per heavy atom. The van der Waals surface area contributed by atoms with Crippen LogP contribution in [-0.2, 0) is 6.54 Å². The number of aromatic amines is 1. The second-order valence-electron chi connectivity index (χ2n) is 7.33. The lowest BCUT2D eigenvalue weighted by Gasteiger charge is -2.20. The molecule has 1 aromatic heterocycles. The molecule has 2 aromatic carbocycles. The summed E-state index contributed by atoms with van der Waals surface area (Å²) in [5.74, 6) is 0.907. The molecule has 0 aliphatic rings. The van der Waals surface area contributed by atoms with Crippen molar-refractivity contribution >= 4 is 12.2 Å². The monoisotopic (exact) mass is 454 g/mol. The summed E-state index contributed by atoms with van der Waals surface area (Å²) in [6.45, 7) is 9.71. The Hall–Kier alpha value is -4.48. The van der Waals surface area contributed by atoms with E-state index < -0.39 is 5.56 Å². The molecule has 2 N–H and O–H groups in total. The van der Waals surface area contributed by atoms with Crippen LogP contribution in [0.5, 0.6) is 5.75 Å². The minimum atomic E-state index is -0.537. The normalized spacial score (nSPS) is 10.7. The smallest absolute Gasteiger partial charge is 0.270 e. The maximum atomic E-state index is 12.4. The van der Waals surface area contributed by atoms with Crippen LogP contribution >= 0.6 is 0 Å². The molecule has 1 heterocycles. The first-order valence-corrected chi connectivity index (χ1v) is 10.6. The molecule has 3 rings (SSSR count). The minimum absolute atomic E-state index is 0.0517. The zero-order chi connectivity index (χ0) is 24.3. The van der Waals surface area contributed by atoms with Gasteiger partial charge in [-0.15, -0.1) is 13.2 Å². The van der Waals surface area contributed by atoms with Crippen molar-refractivity contribution in [3.63, 3.8) is 0 Å². The van der Waals surface area contributed by atoms with Gasteiger partial charge in [0.25, 0.3) is 5.56 Å². The molecule has 8 nitrogen and oxygen atoms in total. The fourth-order valence-corrected chi connectivity index (χ4v) is 3.41. The summed E-state index contributed by atoms with van der Waals surface area (Å²) in [6.07, 6.45) is 5.31. The van der Waals surface area contributed by atoms with Crippen molar-refractivity contribution in [2.75, 3.05) is 25.6 Å². The van der Waals surface area contributed by atoms with Crippen molar-refractivity contribution in [3.05, 3.63) is 101 Å². The summed E-state index contributed by atoms with van der Waals surface area (Å²) in [4.78, 5) is 21.5. The van der Waals surface area contributed by atoms with Crippen LogP contribution in [0.25, 0.3) is 11.3 Å². The van der Waals surface area contributed by atoms with E-state index in [9.17, 15) is 10.1 Å². The van der Waals surface area contributed by atoms with Gasteiger partial charge in [-0.2, -0.15) is 10.4 Å². The quantitative estimate of drug-likeness (QED) is 0.258. The van der Waals surface area contributed by atoms with E-state index in [-0.39, 0.29) is 11.5 Å². The number of nitriles is 1. The topological polar surface area (TPSA) is 106 Å². The van der Waals surface area contributed by atoms with E-state index in [0.29, 0.717) is 17.8 Å². The maximum absolute atomic E-state index is 12.4. The van der Waals surface area contributed by atoms with E-state index in [4.69, 9.17) is 4.74 Å². The number of hydrazone groups is 1. The van der Waals surface area contributed by atoms with Crippen LogP contribution in [0.2, 0.25) is 0 Å². The van der Waals surface area contributed by atoms with Crippen LogP contribution in [0.3, 0.4) is 0 Å². The molecule has 0 saturated carbocycles. The van der Waals surface area contributed by atoms with Crippen LogP contribution in [0.15, 0.2) is 83.7 Å². The van der Waals surface area contributed by atoms with Gasteiger partial charge in [0.15, 0.2) is 0 Å². The third-order valence-electron chi connectivity index (χ3n) is 4.94. The summed E-state index contributed by atoms with van der Waals surface area (Å²) in [5, 5.41) is 13.6. The lowest BCUT2D eigenvalue weighted by molar-refractivity contribution is 0.317. The van der Waals surface area contributed by atoms with Crippen LogP contribution in [0, 0.1) is 11.3 Å². The molecule has 0 aliphatic carbocycles. The fourth-order valence-electron chi connectivity index (χ4n) is 3.41. The molecule has 0 aliphatic heterocycles. The summed E-state index contributed by atoms with van der Waals surface area (Å²) in [5.41, 5.74) is 4.95. The summed E-state index contributed by atoms with van der Waals surface area (Å²) < 4.78 is 5.51. The fraction of sp³-hybridized carbons (Fsp3) is 0.154. The average Bonchev–Trinajstić information content (AvgIpc) is 2.85. The number of benzene rings is 2. The molecule has 0 bridgehead atoms. The number of nitrogens with zero attached hydrogens (tertiary/aromatic N) is 4. The third-order valence-corrected chi connectivity index (χ3v) is 4.94. The molecule has 172 valence electrons. The van der Waals surface area contributed by atoms with Crippen molar-refractivity contribution < 1.29 is 4.74 Å². The number of aromatic nitrogens is 2. The van der Waals surface area contributed by atoms with Gasteiger partial charge in [0, 0.05) is 30.8 Å². The highest BCUT2D eigenvalue weighted by Gasteiger charge is 2.13. The van der Waals surface area contributed by atoms with Crippen LogP contribution in [0.4, 0.5) is 5.95 Å². The minimum Gasteiger partial charge on any atom is -0.496 e. The van der Waals surface area contributed by atoms with Crippen molar-refractivity contribution in [1.82, 2.24) is 14.9 Å². The lowest BCUT2D eigenvalue weighted by Crippen LogP contribution is -2.23. The zero-order valence-corrected chi connectivity index (χ0v) is 19.0. The molecule has 0 atom stereocenters. The van der Waals surface area contributed by atoms with E-state index in [0.717, 1.165) is 30.0 Å². The third kappa shape index (κ3) is 6.06. The summed E-state index contributed by atoms with van der Waals surface area (Å²) in [6, 6.07) is 16.7. The first kappa shape index (κ1) is 24.2. The molecule has 0 radical (unpaired) electrons. The molecule has 0 saturated heterocycles. The molecule has 0 amide bonds. The number of methoxy groups -OCH3 is 1. The van der Waals surface area contributed by atoms with Gasteiger partial charge in [0.2, 0.25) is 5.95 Å². The van der Waals surface area contributed by atoms with Gasteiger partial charge in [0.05, 0.1) is 19.0 Å². The summed E-state index contributed by atoms with van der Waals surface area (Å²) in [7, 11) is 1.64. The predicted molar refractivity (Wildman–Crippen MR) is 135 cm³/mol. The van der Waals surface area contributed by atoms with Crippen LogP contribution in [0.1, 0.15) is 16.7 Å². The van der Waals surface area contributed by atoms with E-state index in [1.165, 1.54) is 0 Å². The van der Waals surface area contributed by atoms with E-state index in [1.807, 2.05) is 54.6 Å². The molecule has 0 fully saturated rings. The Bertz CT molecular complexity index is 1260. The molecular formula is C26H26N6O2. The van der Waals surface area contributed by atoms with Gasteiger partial charge in [-0.05, 0) is 23.8 Å². The molecule has 34 heavy (non-hydrogen) atoms. The van der Waals surface area contributed by atoms with Crippen molar-refractivity contribution in [1.29, 1.82) is 5.26 Å². The Labute approximate surface area is 198 Å². The number of rotatable bonds is 11. The second kappa shape index (κ2) is 11.9. The van der Waals surface area contributed by atoms with Crippen molar-refractivity contribution in [2.24, 2.45) is 5.10 Å². The van der Waals surface area contributed by atoms with Gasteiger partial charge in [0.1, 0.15) is 17.4 Å². The Balaban J connectivity index is 1.83. The van der Waals surface area contributed by atoms with E-state index in [2.05, 4.69) is 38.6 Å². The molecule has 0 spiro atoms. The van der Waals surface area contributed by atoms with Crippen LogP contribution in [-0.4, -0.2) is 41.3 Å². The van der Waals surface area contributed by atoms with Crippen molar-refractivity contribution in [2.45, 2.75) is 6.54 Å². The van der Waals surface area contributed by atoms with Gasteiger partial charge in [-0.25, -0.2) is 10.4 Å². The SMILES string of the molecule is C=CCN(CC=C)Cc1cc(C=NNc2nc(-c3ccccc3)c(C#N)c(=O)[nH]2)ccc1OC. The highest BCUT2D eigenvalue weighted by molar-refractivity contribution is 5.81. The number of hydrogen-bond donors (Lipinski definition) is 2. The predicted octanol–water partition coefficient (Wildman–Crippen LogP) is 3.94. The van der Waals surface area contributed by atoms with Gasteiger partial charge in [-0.1, -0.05) is 42.5 Å². The van der Waals surface area contributed by atoms with Gasteiger partial charge >= 0.3 is 0 Å². The Morgan fingerprint density at radius 2 is 1.94 bits per heavy atom. The van der Waals surface area contributed by atoms with Gasteiger partial charge < -0.3 is 4.74 Å². The highest BCUT2D eigenvalue weighted by atomic mass is 16.5. The maximum Gasteiger partial charge on any atom is 0.270 e. The lowest BCUT2D eigenvalue weighted by atomic mass is 10.1. The molecule has 0 unspecified atom stereocenters. The van der Waals surface area contributed by atoms with E-state index in [1.54, 1.807) is 25.5 Å². The molecule has 8 heteroatoms. The number of hydrogen-bond acceptors (Lipinski definition) is 7. The number of ether oxygens (including phenoxy) is 1. The van der Waals surface area contributed by atoms with Crippen LogP contribution < -0.4 is 15.7 Å². The number of nitrogens with one attached hydrogen (secondary N) is 2. The van der Waals surface area contributed by atoms with Gasteiger partial charge in [-0.3, -0.25) is 14.7 Å². The molecule has 3 aromatic rings. The highest BCUT2D eigenvalue weighted by Crippen LogP contribution is 2.22. The average molecular weight is 455 g/mol. The number of H-pyrrole nitrogens is 1. The largest absolute Gasteiger partial charge is 0.496 e. The number of anilines is 1. The van der Waals surface area contributed by atoms with E-state index >= 15 is 0 Å². The standard InChI is InChI=1S/C26H26N6O2/c1-4-13-32(14-5-2)18-21-15-19(11-12-23(21)34-3)17-28-31-26-29-24(20-9-7-6-8-10-20)22(16-27)25(33)30-26/h4-12,15,17H,1-2,13-14,18H2,3H3,(H2,29,30,31,33).